The highest BCUT2D eigenvalue weighted by atomic mass is 127. The van der Waals surface area contributed by atoms with Crippen LogP contribution in [-0.2, 0) is 6.54 Å². The summed E-state index contributed by atoms with van der Waals surface area (Å²) in [6.07, 6.45) is 4.08. The van der Waals surface area contributed by atoms with Gasteiger partial charge in [0.15, 0.2) is 5.96 Å². The zero-order chi connectivity index (χ0) is 20.6. The number of halogens is 1. The molecule has 0 bridgehead atoms. The molecule has 0 aliphatic carbocycles. The third-order valence-electron chi connectivity index (χ3n) is 5.31. The fourth-order valence-electron chi connectivity index (χ4n) is 3.74. The molecular formula is C24H30IN5S. The van der Waals surface area contributed by atoms with E-state index in [4.69, 9.17) is 4.99 Å². The number of hydrogen-bond donors (Lipinski definition) is 2. The Balaban J connectivity index is 0.00000272. The maximum atomic E-state index is 4.84. The van der Waals surface area contributed by atoms with Gasteiger partial charge in [-0.25, -0.2) is 4.99 Å². The molecule has 0 amide bonds. The first kappa shape index (κ1) is 23.5. The van der Waals surface area contributed by atoms with E-state index in [0.29, 0.717) is 12.6 Å². The van der Waals surface area contributed by atoms with Crippen molar-refractivity contribution in [2.75, 3.05) is 24.5 Å². The Morgan fingerprint density at radius 3 is 2.71 bits per heavy atom. The monoisotopic (exact) mass is 547 g/mol. The standard InChI is InChI=1S/C24H29N5S.HI/c1-2-25-24(28-21-11-14-29(15-12-21)23-10-6-16-30-23)27-18-19-7-5-8-20(17-19)22-9-3-4-13-26-22;/h3-10,13,16-17,21H,2,11-12,14-15,18H2,1H3,(H2,25,27,28);1H. The SMILES string of the molecule is CCNC(=NCc1cccc(-c2ccccn2)c1)NC1CCN(c2cccs2)CC1.I. The van der Waals surface area contributed by atoms with Gasteiger partial charge in [0.1, 0.15) is 0 Å². The van der Waals surface area contributed by atoms with Gasteiger partial charge in [0.05, 0.1) is 17.2 Å². The Kier molecular flexibility index (Phi) is 9.14. The Hall–Kier alpha value is -2.13. The molecule has 0 saturated carbocycles. The molecule has 31 heavy (non-hydrogen) atoms. The van der Waals surface area contributed by atoms with Crippen LogP contribution in [0.5, 0.6) is 0 Å². The summed E-state index contributed by atoms with van der Waals surface area (Å²) in [5.41, 5.74) is 3.30. The van der Waals surface area contributed by atoms with Gasteiger partial charge in [0.2, 0.25) is 0 Å². The molecule has 164 valence electrons. The number of rotatable bonds is 6. The Morgan fingerprint density at radius 1 is 1.13 bits per heavy atom. The number of pyridine rings is 1. The zero-order valence-corrected chi connectivity index (χ0v) is 21.0. The van der Waals surface area contributed by atoms with Crippen molar-refractivity contribution in [2.45, 2.75) is 32.4 Å². The third kappa shape index (κ3) is 6.67. The predicted molar refractivity (Wildman–Crippen MR) is 143 cm³/mol. The summed E-state index contributed by atoms with van der Waals surface area (Å²) >= 11 is 1.82. The summed E-state index contributed by atoms with van der Waals surface area (Å²) < 4.78 is 0. The summed E-state index contributed by atoms with van der Waals surface area (Å²) in [5, 5.41) is 10.6. The number of nitrogens with one attached hydrogen (secondary N) is 2. The number of guanidine groups is 1. The second-order valence-corrected chi connectivity index (χ2v) is 8.39. The lowest BCUT2D eigenvalue weighted by Crippen LogP contribution is -2.48. The second-order valence-electron chi connectivity index (χ2n) is 7.47. The minimum absolute atomic E-state index is 0. The van der Waals surface area contributed by atoms with E-state index < -0.39 is 0 Å². The van der Waals surface area contributed by atoms with Crippen LogP contribution < -0.4 is 15.5 Å². The lowest BCUT2D eigenvalue weighted by atomic mass is 10.1. The van der Waals surface area contributed by atoms with Crippen molar-refractivity contribution < 1.29 is 0 Å². The minimum atomic E-state index is 0. The smallest absolute Gasteiger partial charge is 0.191 e. The van der Waals surface area contributed by atoms with Crippen LogP contribution in [0.3, 0.4) is 0 Å². The van der Waals surface area contributed by atoms with Gasteiger partial charge in [-0.1, -0.05) is 24.3 Å². The predicted octanol–water partition coefficient (Wildman–Crippen LogP) is 5.15. The van der Waals surface area contributed by atoms with Crippen LogP contribution in [0.15, 0.2) is 71.2 Å². The van der Waals surface area contributed by atoms with Crippen molar-refractivity contribution in [1.82, 2.24) is 15.6 Å². The molecular weight excluding hydrogens is 517 g/mol. The lowest BCUT2D eigenvalue weighted by molar-refractivity contribution is 0.463. The van der Waals surface area contributed by atoms with Crippen molar-refractivity contribution in [3.8, 4) is 11.3 Å². The molecule has 0 spiro atoms. The first-order chi connectivity index (χ1) is 14.8. The molecule has 4 rings (SSSR count). The van der Waals surface area contributed by atoms with E-state index in [1.165, 1.54) is 10.6 Å². The van der Waals surface area contributed by atoms with Gasteiger partial charge < -0.3 is 15.5 Å². The van der Waals surface area contributed by atoms with E-state index in [9.17, 15) is 0 Å². The second kappa shape index (κ2) is 12.0. The fourth-order valence-corrected chi connectivity index (χ4v) is 4.53. The zero-order valence-electron chi connectivity index (χ0n) is 17.8. The number of hydrogen-bond acceptors (Lipinski definition) is 4. The van der Waals surface area contributed by atoms with Crippen LogP contribution in [-0.4, -0.2) is 36.6 Å². The average Bonchev–Trinajstić information content (AvgIpc) is 3.34. The number of anilines is 1. The Morgan fingerprint density at radius 2 is 2.00 bits per heavy atom. The van der Waals surface area contributed by atoms with E-state index in [0.717, 1.165) is 49.7 Å². The number of benzene rings is 1. The molecule has 3 heterocycles. The van der Waals surface area contributed by atoms with E-state index in [1.54, 1.807) is 0 Å². The number of thiophene rings is 1. The molecule has 1 aliphatic rings. The number of piperidine rings is 1. The van der Waals surface area contributed by atoms with Crippen molar-refractivity contribution in [3.63, 3.8) is 0 Å². The molecule has 7 heteroatoms. The van der Waals surface area contributed by atoms with Gasteiger partial charge in [-0.15, -0.1) is 35.3 Å². The highest BCUT2D eigenvalue weighted by Crippen LogP contribution is 2.24. The number of nitrogens with zero attached hydrogens (tertiary/aromatic N) is 3. The van der Waals surface area contributed by atoms with Crippen LogP contribution in [0.4, 0.5) is 5.00 Å². The molecule has 5 nitrogen and oxygen atoms in total. The summed E-state index contributed by atoms with van der Waals surface area (Å²) in [7, 11) is 0. The van der Waals surface area contributed by atoms with Gasteiger partial charge >= 0.3 is 0 Å². The van der Waals surface area contributed by atoms with Gasteiger partial charge in [-0.3, -0.25) is 4.98 Å². The van der Waals surface area contributed by atoms with E-state index in [1.807, 2.05) is 35.7 Å². The lowest BCUT2D eigenvalue weighted by Gasteiger charge is -2.33. The molecule has 0 atom stereocenters. The quantitative estimate of drug-likeness (QED) is 0.255. The highest BCUT2D eigenvalue weighted by Gasteiger charge is 2.20. The molecule has 2 N–H and O–H groups in total. The number of aromatic nitrogens is 1. The van der Waals surface area contributed by atoms with Gasteiger partial charge in [-0.2, -0.15) is 0 Å². The van der Waals surface area contributed by atoms with Crippen LogP contribution in [0.2, 0.25) is 0 Å². The van der Waals surface area contributed by atoms with E-state index >= 15 is 0 Å². The summed E-state index contributed by atoms with van der Waals surface area (Å²) in [5.74, 6) is 0.898. The molecule has 2 aromatic heterocycles. The molecule has 0 radical (unpaired) electrons. The maximum Gasteiger partial charge on any atom is 0.191 e. The summed E-state index contributed by atoms with van der Waals surface area (Å²) in [4.78, 5) is 11.8. The number of aliphatic imine (C=N–C) groups is 1. The van der Waals surface area contributed by atoms with Crippen molar-refractivity contribution in [1.29, 1.82) is 0 Å². The molecule has 1 aliphatic heterocycles. The average molecular weight is 548 g/mol. The molecule has 1 saturated heterocycles. The molecule has 1 aromatic carbocycles. The fraction of sp³-hybridized carbons (Fsp3) is 0.333. The third-order valence-corrected chi connectivity index (χ3v) is 6.23. The first-order valence-corrected chi connectivity index (χ1v) is 11.5. The van der Waals surface area contributed by atoms with Gasteiger partial charge in [0.25, 0.3) is 0 Å². The molecule has 1 fully saturated rings. The van der Waals surface area contributed by atoms with E-state index in [-0.39, 0.29) is 24.0 Å². The van der Waals surface area contributed by atoms with Crippen molar-refractivity contribution >= 4 is 46.3 Å². The van der Waals surface area contributed by atoms with E-state index in [2.05, 4.69) is 69.2 Å². The van der Waals surface area contributed by atoms with Gasteiger partial charge in [0, 0.05) is 37.4 Å². The van der Waals surface area contributed by atoms with Gasteiger partial charge in [-0.05, 0) is 61.0 Å². The largest absolute Gasteiger partial charge is 0.363 e. The molecule has 0 unspecified atom stereocenters. The summed E-state index contributed by atoms with van der Waals surface area (Å²) in [6, 6.07) is 19.3. The Labute approximate surface area is 206 Å². The normalized spacial score (nSPS) is 14.7. The van der Waals surface area contributed by atoms with Crippen LogP contribution >= 0.6 is 35.3 Å². The minimum Gasteiger partial charge on any atom is -0.363 e. The first-order valence-electron chi connectivity index (χ1n) is 10.7. The topological polar surface area (TPSA) is 52.6 Å². The summed E-state index contributed by atoms with van der Waals surface area (Å²) in [6.45, 7) is 5.78. The molecule has 3 aromatic rings. The van der Waals surface area contributed by atoms with Crippen LogP contribution in [0.25, 0.3) is 11.3 Å². The maximum absolute atomic E-state index is 4.84. The van der Waals surface area contributed by atoms with Crippen LogP contribution in [0, 0.1) is 0 Å². The highest BCUT2D eigenvalue weighted by molar-refractivity contribution is 14.0. The van der Waals surface area contributed by atoms with Crippen LogP contribution in [0.1, 0.15) is 25.3 Å². The Bertz CT molecular complexity index is 938. The van der Waals surface area contributed by atoms with Crippen molar-refractivity contribution in [2.24, 2.45) is 4.99 Å². The van der Waals surface area contributed by atoms with Crippen molar-refractivity contribution in [3.05, 3.63) is 71.7 Å².